The number of anilines is 1. The summed E-state index contributed by atoms with van der Waals surface area (Å²) >= 11 is 0. The van der Waals surface area contributed by atoms with Crippen LogP contribution in [0.1, 0.15) is 6.42 Å². The van der Waals surface area contributed by atoms with E-state index >= 15 is 0 Å². The van der Waals surface area contributed by atoms with Gasteiger partial charge in [-0.3, -0.25) is 9.69 Å². The van der Waals surface area contributed by atoms with Crippen LogP contribution in [0.3, 0.4) is 0 Å². The molecular formula is C13H15FN2O3. The van der Waals surface area contributed by atoms with E-state index in [2.05, 4.69) is 0 Å². The number of carboxylic acid groups (broad SMARTS) is 1. The molecule has 2 rings (SSSR count). The van der Waals surface area contributed by atoms with Gasteiger partial charge < -0.3 is 10.0 Å². The highest BCUT2D eigenvalue weighted by Crippen LogP contribution is 2.23. The molecular weight excluding hydrogens is 251 g/mol. The van der Waals surface area contributed by atoms with Gasteiger partial charge in [0.25, 0.3) is 0 Å². The van der Waals surface area contributed by atoms with E-state index in [4.69, 9.17) is 5.11 Å². The minimum atomic E-state index is -0.883. The van der Waals surface area contributed by atoms with Crippen LogP contribution >= 0.6 is 0 Å². The number of aliphatic carboxylic acids is 1. The maximum Gasteiger partial charge on any atom is 0.324 e. The molecule has 102 valence electrons. The minimum absolute atomic E-state index is 0.00924. The second-order valence-corrected chi connectivity index (χ2v) is 4.71. The topological polar surface area (TPSA) is 60.9 Å². The van der Waals surface area contributed by atoms with Crippen LogP contribution in [0.4, 0.5) is 14.9 Å². The molecule has 5 nitrogen and oxygen atoms in total. The zero-order chi connectivity index (χ0) is 14.0. The van der Waals surface area contributed by atoms with E-state index in [1.807, 2.05) is 0 Å². The van der Waals surface area contributed by atoms with Crippen molar-refractivity contribution in [3.63, 3.8) is 0 Å². The first-order chi connectivity index (χ1) is 8.97. The van der Waals surface area contributed by atoms with Gasteiger partial charge in [-0.05, 0) is 24.3 Å². The monoisotopic (exact) mass is 266 g/mol. The van der Waals surface area contributed by atoms with E-state index in [1.165, 1.54) is 34.1 Å². The number of carbonyl (C=O) groups excluding carboxylic acids is 1. The highest BCUT2D eigenvalue weighted by atomic mass is 19.1. The SMILES string of the molecule is CN1CC(CC(=O)O)CN(c2ccc(F)cc2)C1=O. The Morgan fingerprint density at radius 1 is 1.37 bits per heavy atom. The molecule has 6 heteroatoms. The maximum atomic E-state index is 12.9. The molecule has 1 atom stereocenters. The fourth-order valence-corrected chi connectivity index (χ4v) is 2.28. The van der Waals surface area contributed by atoms with Crippen molar-refractivity contribution in [3.8, 4) is 0 Å². The average molecular weight is 266 g/mol. The Bertz CT molecular complexity index is 489. The summed E-state index contributed by atoms with van der Waals surface area (Å²) in [6, 6.07) is 5.40. The second kappa shape index (κ2) is 5.26. The van der Waals surface area contributed by atoms with Crippen LogP contribution in [0.2, 0.25) is 0 Å². The van der Waals surface area contributed by atoms with Gasteiger partial charge in [0, 0.05) is 31.7 Å². The highest BCUT2D eigenvalue weighted by Gasteiger charge is 2.31. The van der Waals surface area contributed by atoms with Gasteiger partial charge in [-0.2, -0.15) is 0 Å². The third-order valence-electron chi connectivity index (χ3n) is 3.13. The van der Waals surface area contributed by atoms with Gasteiger partial charge in [-0.1, -0.05) is 0 Å². The number of amides is 2. The van der Waals surface area contributed by atoms with E-state index in [0.29, 0.717) is 18.8 Å². The molecule has 1 unspecified atom stereocenters. The van der Waals surface area contributed by atoms with Crippen molar-refractivity contribution >= 4 is 17.7 Å². The van der Waals surface area contributed by atoms with Crippen LogP contribution < -0.4 is 4.90 Å². The number of carbonyl (C=O) groups is 2. The molecule has 0 spiro atoms. The van der Waals surface area contributed by atoms with Gasteiger partial charge >= 0.3 is 12.0 Å². The summed E-state index contributed by atoms with van der Waals surface area (Å²) in [6.07, 6.45) is 0.00924. The molecule has 0 aliphatic carbocycles. The Kier molecular flexibility index (Phi) is 3.69. The molecule has 2 amide bonds. The number of nitrogens with zero attached hydrogens (tertiary/aromatic N) is 2. The summed E-state index contributed by atoms with van der Waals surface area (Å²) in [5.41, 5.74) is 0.577. The zero-order valence-corrected chi connectivity index (χ0v) is 10.5. The van der Waals surface area contributed by atoms with Crippen LogP contribution in [0.25, 0.3) is 0 Å². The van der Waals surface area contributed by atoms with Crippen LogP contribution in [0, 0.1) is 11.7 Å². The van der Waals surface area contributed by atoms with Gasteiger partial charge in [-0.25, -0.2) is 9.18 Å². The maximum absolute atomic E-state index is 12.9. The molecule has 1 aliphatic heterocycles. The number of urea groups is 1. The molecule has 0 bridgehead atoms. The van der Waals surface area contributed by atoms with Gasteiger partial charge in [0.2, 0.25) is 0 Å². The highest BCUT2D eigenvalue weighted by molar-refractivity contribution is 5.92. The van der Waals surface area contributed by atoms with E-state index in [1.54, 1.807) is 7.05 Å². The lowest BCUT2D eigenvalue weighted by Crippen LogP contribution is -2.52. The molecule has 0 saturated carbocycles. The fourth-order valence-electron chi connectivity index (χ4n) is 2.28. The summed E-state index contributed by atoms with van der Waals surface area (Å²) in [7, 11) is 1.63. The Morgan fingerprint density at radius 3 is 2.58 bits per heavy atom. The minimum Gasteiger partial charge on any atom is -0.481 e. The summed E-state index contributed by atoms with van der Waals surface area (Å²) < 4.78 is 12.9. The van der Waals surface area contributed by atoms with Crippen molar-refractivity contribution in [1.29, 1.82) is 0 Å². The lowest BCUT2D eigenvalue weighted by Gasteiger charge is -2.37. The van der Waals surface area contributed by atoms with E-state index in [-0.39, 0.29) is 24.2 Å². The first kappa shape index (κ1) is 13.3. The van der Waals surface area contributed by atoms with Crippen LogP contribution in [-0.2, 0) is 4.79 Å². The summed E-state index contributed by atoms with van der Waals surface area (Å²) in [5.74, 6) is -1.39. The standard InChI is InChI=1S/C13H15FN2O3/c1-15-7-9(6-12(17)18)8-16(13(15)19)11-4-2-10(14)3-5-11/h2-5,9H,6-8H2,1H3,(H,17,18). The summed E-state index contributed by atoms with van der Waals surface area (Å²) in [4.78, 5) is 25.8. The molecule has 1 saturated heterocycles. The number of carboxylic acids is 1. The first-order valence-electron chi connectivity index (χ1n) is 5.97. The van der Waals surface area contributed by atoms with Crippen molar-refractivity contribution < 1.29 is 19.1 Å². The molecule has 0 aromatic heterocycles. The fraction of sp³-hybridized carbons (Fsp3) is 0.385. The Morgan fingerprint density at radius 2 is 2.00 bits per heavy atom. The predicted octanol–water partition coefficient (Wildman–Crippen LogP) is 1.79. The number of rotatable bonds is 3. The Hall–Kier alpha value is -2.11. The molecule has 0 radical (unpaired) electrons. The average Bonchev–Trinajstić information content (AvgIpc) is 2.34. The van der Waals surface area contributed by atoms with Crippen molar-refractivity contribution in [2.24, 2.45) is 5.92 Å². The Balaban J connectivity index is 2.19. The molecule has 1 heterocycles. The number of benzene rings is 1. The summed E-state index contributed by atoms with van der Waals surface area (Å²) in [6.45, 7) is 0.754. The third kappa shape index (κ3) is 3.01. The second-order valence-electron chi connectivity index (χ2n) is 4.71. The predicted molar refractivity (Wildman–Crippen MR) is 67.5 cm³/mol. The van der Waals surface area contributed by atoms with Crippen molar-refractivity contribution in [2.45, 2.75) is 6.42 Å². The molecule has 1 N–H and O–H groups in total. The number of halogens is 1. The van der Waals surface area contributed by atoms with Gasteiger partial charge in [0.15, 0.2) is 0 Å². The zero-order valence-electron chi connectivity index (χ0n) is 10.5. The summed E-state index contributed by atoms with van der Waals surface area (Å²) in [5, 5.41) is 8.84. The third-order valence-corrected chi connectivity index (χ3v) is 3.13. The lowest BCUT2D eigenvalue weighted by molar-refractivity contribution is -0.138. The van der Waals surface area contributed by atoms with Gasteiger partial charge in [0.1, 0.15) is 5.82 Å². The van der Waals surface area contributed by atoms with E-state index < -0.39 is 5.97 Å². The van der Waals surface area contributed by atoms with Gasteiger partial charge in [-0.15, -0.1) is 0 Å². The molecule has 1 fully saturated rings. The largest absolute Gasteiger partial charge is 0.481 e. The van der Waals surface area contributed by atoms with Crippen LogP contribution in [0.15, 0.2) is 24.3 Å². The van der Waals surface area contributed by atoms with Crippen LogP contribution in [0.5, 0.6) is 0 Å². The Labute approximate surface area is 110 Å². The molecule has 1 aliphatic rings. The molecule has 19 heavy (non-hydrogen) atoms. The first-order valence-corrected chi connectivity index (χ1v) is 5.97. The molecule has 1 aromatic rings. The van der Waals surface area contributed by atoms with Crippen LogP contribution in [-0.4, -0.2) is 42.1 Å². The lowest BCUT2D eigenvalue weighted by atomic mass is 10.0. The van der Waals surface area contributed by atoms with Gasteiger partial charge in [0.05, 0.1) is 6.42 Å². The van der Waals surface area contributed by atoms with E-state index in [0.717, 1.165) is 0 Å². The number of hydrogen-bond acceptors (Lipinski definition) is 2. The number of hydrogen-bond donors (Lipinski definition) is 1. The van der Waals surface area contributed by atoms with Crippen molar-refractivity contribution in [2.75, 3.05) is 25.0 Å². The van der Waals surface area contributed by atoms with E-state index in [9.17, 15) is 14.0 Å². The molecule has 1 aromatic carbocycles. The normalized spacial score (nSPS) is 19.7. The smallest absolute Gasteiger partial charge is 0.324 e. The van der Waals surface area contributed by atoms with Crippen molar-refractivity contribution in [3.05, 3.63) is 30.1 Å². The quantitative estimate of drug-likeness (QED) is 0.907. The van der Waals surface area contributed by atoms with Crippen molar-refractivity contribution in [1.82, 2.24) is 4.90 Å².